The Hall–Kier alpha value is -7.98. The van der Waals surface area contributed by atoms with E-state index in [0.717, 1.165) is 94.9 Å². The minimum Gasteiger partial charge on any atom is -0.509 e. The molecule has 0 N–H and O–H groups in total. The molecule has 372 valence electrons. The van der Waals surface area contributed by atoms with Crippen LogP contribution >= 0.6 is 0 Å². The maximum atomic E-state index is 6.79. The Kier molecular flexibility index (Phi) is 12.9. The van der Waals surface area contributed by atoms with E-state index in [-0.39, 0.29) is 31.9 Å². The molecule has 0 saturated heterocycles. The van der Waals surface area contributed by atoms with Crippen LogP contribution in [0.1, 0.15) is 58.2 Å². The summed E-state index contributed by atoms with van der Waals surface area (Å²) >= 11 is 0. The van der Waals surface area contributed by atoms with E-state index in [1.54, 1.807) is 0 Å². The van der Waals surface area contributed by atoms with Gasteiger partial charge in [0.1, 0.15) is 5.82 Å². The molecule has 11 aromatic rings. The molecule has 0 aliphatic carbocycles. The number of hydrogen-bond acceptors (Lipinski definition) is 4. The van der Waals surface area contributed by atoms with E-state index in [2.05, 4.69) is 264 Å². The number of rotatable bonds is 9. The van der Waals surface area contributed by atoms with Gasteiger partial charge in [0.05, 0.1) is 0 Å². The molecular formula is C69H57N4OPt-3. The molecule has 2 aromatic heterocycles. The average molecular weight is 1150 g/mol. The van der Waals surface area contributed by atoms with Crippen molar-refractivity contribution in [2.75, 3.05) is 9.80 Å². The van der Waals surface area contributed by atoms with Crippen LogP contribution in [0, 0.1) is 25.7 Å². The first-order valence-electron chi connectivity index (χ1n) is 25.5. The van der Waals surface area contributed by atoms with Crippen molar-refractivity contribution in [3.8, 4) is 61.8 Å². The molecule has 0 saturated carbocycles. The Labute approximate surface area is 456 Å². The number of aryl methyl sites for hydroxylation is 1. The van der Waals surface area contributed by atoms with Crippen LogP contribution in [-0.4, -0.2) is 9.55 Å². The Bertz CT molecular complexity index is 3870. The van der Waals surface area contributed by atoms with Crippen molar-refractivity contribution in [2.45, 2.75) is 59.3 Å². The van der Waals surface area contributed by atoms with E-state index < -0.39 is 0 Å². The van der Waals surface area contributed by atoms with Gasteiger partial charge in [-0.25, -0.2) is 4.98 Å². The molecule has 0 atom stereocenters. The second kappa shape index (κ2) is 19.7. The number of aromatic nitrogens is 2. The van der Waals surface area contributed by atoms with Crippen molar-refractivity contribution >= 4 is 44.6 Å². The molecule has 0 amide bonds. The van der Waals surface area contributed by atoms with Crippen molar-refractivity contribution in [2.24, 2.45) is 0 Å². The van der Waals surface area contributed by atoms with E-state index in [9.17, 15) is 0 Å². The summed E-state index contributed by atoms with van der Waals surface area (Å²) in [4.78, 5) is 9.67. The predicted molar refractivity (Wildman–Crippen MR) is 308 cm³/mol. The minimum atomic E-state index is 0. The molecule has 75 heavy (non-hydrogen) atoms. The topological polar surface area (TPSA) is 33.5 Å². The third kappa shape index (κ3) is 9.36. The molecule has 0 fully saturated rings. The normalized spacial score (nSPS) is 12.5. The van der Waals surface area contributed by atoms with Crippen LogP contribution in [0.3, 0.4) is 0 Å². The number of anilines is 4. The van der Waals surface area contributed by atoms with Gasteiger partial charge in [-0.1, -0.05) is 199 Å². The summed E-state index contributed by atoms with van der Waals surface area (Å²) in [6, 6.07) is 80.9. The number of benzene rings is 9. The van der Waals surface area contributed by atoms with Gasteiger partial charge in [-0.15, -0.1) is 48.1 Å². The van der Waals surface area contributed by atoms with Crippen LogP contribution < -0.4 is 14.5 Å². The first kappa shape index (κ1) is 49.2. The summed E-state index contributed by atoms with van der Waals surface area (Å²) in [5.74, 6) is 1.98. The molecule has 9 aromatic carbocycles. The van der Waals surface area contributed by atoms with E-state index in [1.165, 1.54) is 16.7 Å². The second-order valence-corrected chi connectivity index (χ2v) is 21.4. The summed E-state index contributed by atoms with van der Waals surface area (Å²) in [6.45, 7) is 17.9. The number of para-hydroxylation sites is 3. The minimum absolute atomic E-state index is 0. The molecule has 0 bridgehead atoms. The van der Waals surface area contributed by atoms with Crippen LogP contribution in [0.2, 0.25) is 0 Å². The summed E-state index contributed by atoms with van der Waals surface area (Å²) in [7, 11) is 0. The Morgan fingerprint density at radius 1 is 0.467 bits per heavy atom. The Morgan fingerprint density at radius 3 is 1.64 bits per heavy atom. The zero-order chi connectivity index (χ0) is 50.7. The van der Waals surface area contributed by atoms with Crippen molar-refractivity contribution in [1.82, 2.24) is 9.55 Å². The number of ether oxygens (including phenoxy) is 1. The average Bonchev–Trinajstić information content (AvgIpc) is 3.96. The maximum Gasteiger partial charge on any atom is 0.135 e. The van der Waals surface area contributed by atoms with Gasteiger partial charge < -0.3 is 19.1 Å². The van der Waals surface area contributed by atoms with Gasteiger partial charge >= 0.3 is 0 Å². The zero-order valence-corrected chi connectivity index (χ0v) is 45.6. The van der Waals surface area contributed by atoms with Crippen LogP contribution in [-0.2, 0) is 31.9 Å². The van der Waals surface area contributed by atoms with E-state index in [1.807, 2.05) is 30.5 Å². The fourth-order valence-corrected chi connectivity index (χ4v) is 10.4. The molecule has 1 aliphatic heterocycles. The molecule has 0 spiro atoms. The molecule has 6 heteroatoms. The maximum absolute atomic E-state index is 6.79. The number of pyridine rings is 1. The molecule has 3 heterocycles. The Morgan fingerprint density at radius 2 is 1.01 bits per heavy atom. The van der Waals surface area contributed by atoms with Gasteiger partial charge in [-0.05, 0) is 91.9 Å². The van der Waals surface area contributed by atoms with Crippen molar-refractivity contribution in [3.63, 3.8) is 0 Å². The van der Waals surface area contributed by atoms with Crippen molar-refractivity contribution in [3.05, 3.63) is 248 Å². The van der Waals surface area contributed by atoms with Crippen molar-refractivity contribution < 1.29 is 25.8 Å². The summed E-state index contributed by atoms with van der Waals surface area (Å²) in [5.41, 5.74) is 19.0. The summed E-state index contributed by atoms with van der Waals surface area (Å²) in [6.07, 6.45) is 1.99. The van der Waals surface area contributed by atoms with Gasteiger partial charge in [-0.2, -0.15) is 12.1 Å². The standard InChI is InChI=1S/C69H57N4O.Pt/c1-46-40-66(70-44-61(46)49-20-12-9-13-21-49)73-62-39-32-51(47-28-33-52(34-29-47)68(2,3)4)41-60(62)59-38-37-56(43-65(59)73)74-55-23-16-22-54(42-55)71-45-72(64-27-15-14-26-63(64)71)67-57(48-18-10-8-11-19-48)24-17-25-58(67)50-30-35-53(36-31-50)69(5,6)7;/h8-41,44-45H,1-7H3;/q-3;. The van der Waals surface area contributed by atoms with Crippen LogP contribution in [0.4, 0.5) is 22.7 Å². The first-order chi connectivity index (χ1) is 35.9. The number of fused-ring (bicyclic) bond motifs is 4. The fraction of sp³-hybridized carbons (Fsp3) is 0.130. The molecule has 5 nitrogen and oxygen atoms in total. The van der Waals surface area contributed by atoms with E-state index >= 15 is 0 Å². The second-order valence-electron chi connectivity index (χ2n) is 21.4. The molecule has 1 aliphatic rings. The van der Waals surface area contributed by atoms with Crippen LogP contribution in [0.15, 0.2) is 212 Å². The van der Waals surface area contributed by atoms with Gasteiger partial charge in [0.15, 0.2) is 0 Å². The fourth-order valence-electron chi connectivity index (χ4n) is 10.4. The largest absolute Gasteiger partial charge is 0.509 e. The van der Waals surface area contributed by atoms with E-state index in [4.69, 9.17) is 9.72 Å². The molecule has 0 unspecified atom stereocenters. The molecular weight excluding hydrogens is 1100 g/mol. The first-order valence-corrected chi connectivity index (χ1v) is 25.5. The molecule has 12 rings (SSSR count). The third-order valence-electron chi connectivity index (χ3n) is 14.4. The number of hydrogen-bond donors (Lipinski definition) is 0. The summed E-state index contributed by atoms with van der Waals surface area (Å²) < 4.78 is 9.01. The Balaban J connectivity index is 0.00000602. The van der Waals surface area contributed by atoms with Crippen LogP contribution in [0.25, 0.3) is 72.1 Å². The summed E-state index contributed by atoms with van der Waals surface area (Å²) in [5, 5.41) is 2.18. The molecule has 0 radical (unpaired) electrons. The van der Waals surface area contributed by atoms with Gasteiger partial charge in [0.25, 0.3) is 0 Å². The quantitative estimate of drug-likeness (QED) is 0.135. The van der Waals surface area contributed by atoms with Gasteiger partial charge in [-0.3, -0.25) is 0 Å². The SMILES string of the molecule is Cc1cc(-n2c3[c-]c(Oc4[c-]c(N5[CH-]N(c6c(-c7ccccc7)cccc6-c6ccc(C(C)(C)C)cc6)c6ccccc65)ccc4)ccc3c3cc(-c4ccc(C(C)(C)C)cc4)ccc32)ncc1-c1ccccc1.[Pt]. The van der Waals surface area contributed by atoms with Crippen LogP contribution in [0.5, 0.6) is 11.5 Å². The van der Waals surface area contributed by atoms with Gasteiger partial charge in [0, 0.05) is 78.0 Å². The zero-order valence-electron chi connectivity index (χ0n) is 43.3. The predicted octanol–water partition coefficient (Wildman–Crippen LogP) is 18.5. The third-order valence-corrected chi connectivity index (χ3v) is 14.4. The smallest absolute Gasteiger partial charge is 0.135 e. The van der Waals surface area contributed by atoms with Gasteiger partial charge in [0.2, 0.25) is 0 Å². The van der Waals surface area contributed by atoms with E-state index in [0.29, 0.717) is 11.5 Å². The number of nitrogens with zero attached hydrogens (tertiary/aromatic N) is 4. The monoisotopic (exact) mass is 1150 g/mol. The van der Waals surface area contributed by atoms with Crippen molar-refractivity contribution in [1.29, 1.82) is 0 Å².